The summed E-state index contributed by atoms with van der Waals surface area (Å²) >= 11 is 1.58. The third kappa shape index (κ3) is 2.72. The molecule has 7 heteroatoms. The fourth-order valence-electron chi connectivity index (χ4n) is 2.41. The number of benzene rings is 1. The maximum atomic E-state index is 12.1. The molecule has 0 saturated carbocycles. The topological polar surface area (TPSA) is 85.9 Å². The van der Waals surface area contributed by atoms with Gasteiger partial charge in [-0.25, -0.2) is 5.43 Å². The minimum absolute atomic E-state index is 0.300. The maximum absolute atomic E-state index is 12.1. The number of para-hydroxylation sites is 1. The van der Waals surface area contributed by atoms with Gasteiger partial charge in [-0.05, 0) is 23.6 Å². The van der Waals surface area contributed by atoms with Gasteiger partial charge in [0.1, 0.15) is 0 Å². The first-order valence-corrected chi connectivity index (χ1v) is 8.18. The molecule has 0 aliphatic carbocycles. The zero-order valence-electron chi connectivity index (χ0n) is 12.5. The number of carbonyl (C=O) groups is 1. The number of carbonyl (C=O) groups excluding carboxylic acids is 1. The van der Waals surface area contributed by atoms with Crippen LogP contribution in [0.15, 0.2) is 59.1 Å². The van der Waals surface area contributed by atoms with Crippen molar-refractivity contribution < 1.29 is 4.79 Å². The monoisotopic (exact) mass is 335 g/mol. The van der Waals surface area contributed by atoms with Crippen molar-refractivity contribution in [3.63, 3.8) is 0 Å². The number of fused-ring (bicyclic) bond motifs is 1. The number of nitrogens with zero attached hydrogens (tertiary/aromatic N) is 2. The first kappa shape index (κ1) is 14.4. The Hall–Kier alpha value is -3.19. The lowest BCUT2D eigenvalue weighted by Crippen LogP contribution is -2.17. The van der Waals surface area contributed by atoms with Crippen molar-refractivity contribution >= 4 is 34.4 Å². The molecule has 118 valence electrons. The van der Waals surface area contributed by atoms with Gasteiger partial charge in [0.2, 0.25) is 0 Å². The average Bonchev–Trinajstić information content (AvgIpc) is 3.35. The summed E-state index contributed by atoms with van der Waals surface area (Å²) in [4.78, 5) is 16.3. The van der Waals surface area contributed by atoms with E-state index >= 15 is 0 Å². The van der Waals surface area contributed by atoms with Crippen LogP contribution in [-0.2, 0) is 0 Å². The Morgan fingerprint density at radius 3 is 3.04 bits per heavy atom. The molecular weight excluding hydrogens is 322 g/mol. The molecule has 24 heavy (non-hydrogen) atoms. The zero-order chi connectivity index (χ0) is 16.4. The van der Waals surface area contributed by atoms with Gasteiger partial charge in [0.05, 0.1) is 16.8 Å². The molecule has 0 bridgehead atoms. The van der Waals surface area contributed by atoms with Crippen molar-refractivity contribution in [3.05, 3.63) is 65.3 Å². The maximum Gasteiger partial charge on any atom is 0.291 e. The van der Waals surface area contributed by atoms with Crippen molar-refractivity contribution in [3.8, 4) is 10.6 Å². The summed E-state index contributed by atoms with van der Waals surface area (Å²) in [5, 5.41) is 13.9. The highest BCUT2D eigenvalue weighted by Gasteiger charge is 2.11. The van der Waals surface area contributed by atoms with E-state index < -0.39 is 0 Å². The summed E-state index contributed by atoms with van der Waals surface area (Å²) in [7, 11) is 0. The molecule has 0 atom stereocenters. The molecule has 0 aliphatic heterocycles. The average molecular weight is 335 g/mol. The number of hydrogen-bond donors (Lipinski definition) is 3. The number of rotatable bonds is 4. The molecule has 3 N–H and O–H groups in total. The second-order valence-electron chi connectivity index (χ2n) is 5.13. The van der Waals surface area contributed by atoms with Crippen molar-refractivity contribution in [2.45, 2.75) is 0 Å². The van der Waals surface area contributed by atoms with Crippen LogP contribution < -0.4 is 5.43 Å². The smallest absolute Gasteiger partial charge is 0.291 e. The molecule has 0 radical (unpaired) electrons. The molecule has 1 amide bonds. The highest BCUT2D eigenvalue weighted by molar-refractivity contribution is 7.13. The molecule has 1 aromatic carbocycles. The molecule has 0 unspecified atom stereocenters. The molecule has 3 heterocycles. The van der Waals surface area contributed by atoms with Gasteiger partial charge in [-0.15, -0.1) is 11.3 Å². The fourth-order valence-corrected chi connectivity index (χ4v) is 3.11. The van der Waals surface area contributed by atoms with Crippen molar-refractivity contribution in [2.24, 2.45) is 5.10 Å². The minimum Gasteiger partial charge on any atom is -0.361 e. The Balaban J connectivity index is 1.47. The van der Waals surface area contributed by atoms with Gasteiger partial charge in [0.25, 0.3) is 5.91 Å². The van der Waals surface area contributed by atoms with E-state index in [0.717, 1.165) is 27.0 Å². The lowest BCUT2D eigenvalue weighted by Gasteiger charge is -1.94. The number of nitrogens with one attached hydrogen (secondary N) is 3. The molecule has 0 saturated heterocycles. The number of aromatic nitrogens is 3. The van der Waals surface area contributed by atoms with Gasteiger partial charge in [-0.3, -0.25) is 9.89 Å². The van der Waals surface area contributed by atoms with Crippen LogP contribution in [0.4, 0.5) is 0 Å². The Morgan fingerprint density at radius 2 is 2.17 bits per heavy atom. The predicted molar refractivity (Wildman–Crippen MR) is 95.3 cm³/mol. The van der Waals surface area contributed by atoms with E-state index in [4.69, 9.17) is 0 Å². The summed E-state index contributed by atoms with van der Waals surface area (Å²) in [6.07, 6.45) is 3.47. The van der Waals surface area contributed by atoms with Gasteiger partial charge in [-0.1, -0.05) is 24.3 Å². The second-order valence-corrected chi connectivity index (χ2v) is 6.08. The van der Waals surface area contributed by atoms with Crippen molar-refractivity contribution in [1.82, 2.24) is 20.6 Å². The molecule has 6 nitrogen and oxygen atoms in total. The van der Waals surface area contributed by atoms with Gasteiger partial charge in [-0.2, -0.15) is 10.2 Å². The number of hydrogen-bond acceptors (Lipinski definition) is 4. The van der Waals surface area contributed by atoms with E-state index in [2.05, 4.69) is 25.7 Å². The number of H-pyrrole nitrogens is 2. The van der Waals surface area contributed by atoms with E-state index in [9.17, 15) is 4.79 Å². The molecule has 0 spiro atoms. The largest absolute Gasteiger partial charge is 0.361 e. The fraction of sp³-hybridized carbons (Fsp3) is 0. The van der Waals surface area contributed by atoms with Crippen LogP contribution in [0.3, 0.4) is 0 Å². The Morgan fingerprint density at radius 1 is 1.25 bits per heavy atom. The Kier molecular flexibility index (Phi) is 3.68. The van der Waals surface area contributed by atoms with E-state index in [-0.39, 0.29) is 5.91 Å². The molecule has 4 aromatic rings. The van der Waals surface area contributed by atoms with Crippen LogP contribution >= 0.6 is 11.3 Å². The first-order chi connectivity index (χ1) is 11.8. The van der Waals surface area contributed by atoms with E-state index in [0.29, 0.717) is 5.69 Å². The van der Waals surface area contributed by atoms with Gasteiger partial charge in [0.15, 0.2) is 5.69 Å². The number of thiophene rings is 1. The van der Waals surface area contributed by atoms with Crippen LogP contribution in [-0.4, -0.2) is 27.3 Å². The first-order valence-electron chi connectivity index (χ1n) is 7.30. The number of hydrazone groups is 1. The van der Waals surface area contributed by atoms with E-state index in [1.54, 1.807) is 23.6 Å². The SMILES string of the molecule is O=C(N/N=C\c1c[nH]c2ccccc12)c1cc(-c2cccs2)[nH]n1. The summed E-state index contributed by atoms with van der Waals surface area (Å²) < 4.78 is 0. The van der Waals surface area contributed by atoms with Crippen molar-refractivity contribution in [1.29, 1.82) is 0 Å². The van der Waals surface area contributed by atoms with Crippen LogP contribution in [0.5, 0.6) is 0 Å². The summed E-state index contributed by atoms with van der Waals surface area (Å²) in [6.45, 7) is 0. The minimum atomic E-state index is -0.356. The second kappa shape index (κ2) is 6.13. The predicted octanol–water partition coefficient (Wildman–Crippen LogP) is 3.38. The standard InChI is InChI=1S/C17H13N5OS/c23-17(15-8-14(20-21-15)16-6-3-7-24-16)22-19-10-11-9-18-13-5-2-1-4-12(11)13/h1-10,18H,(H,20,21)(H,22,23)/b19-10-. The van der Waals surface area contributed by atoms with Gasteiger partial charge in [0, 0.05) is 22.7 Å². The Bertz CT molecular complexity index is 1010. The van der Waals surface area contributed by atoms with Crippen LogP contribution in [0, 0.1) is 0 Å². The normalized spacial score (nSPS) is 11.3. The van der Waals surface area contributed by atoms with Crippen LogP contribution in [0.2, 0.25) is 0 Å². The lowest BCUT2D eigenvalue weighted by atomic mass is 10.2. The molecule has 3 aromatic heterocycles. The lowest BCUT2D eigenvalue weighted by molar-refractivity contribution is 0.0950. The molecule has 0 aliphatic rings. The van der Waals surface area contributed by atoms with E-state index in [1.807, 2.05) is 48.0 Å². The highest BCUT2D eigenvalue weighted by Crippen LogP contribution is 2.22. The Labute approximate surface area is 141 Å². The van der Waals surface area contributed by atoms with Crippen LogP contribution in [0.1, 0.15) is 16.1 Å². The summed E-state index contributed by atoms with van der Waals surface area (Å²) in [6, 6.07) is 13.5. The highest BCUT2D eigenvalue weighted by atomic mass is 32.1. The van der Waals surface area contributed by atoms with Crippen molar-refractivity contribution in [2.75, 3.05) is 0 Å². The quantitative estimate of drug-likeness (QED) is 0.394. The third-order valence-electron chi connectivity index (χ3n) is 3.59. The molecular formula is C17H13N5OS. The van der Waals surface area contributed by atoms with Crippen LogP contribution in [0.25, 0.3) is 21.5 Å². The van der Waals surface area contributed by atoms with Gasteiger partial charge < -0.3 is 4.98 Å². The van der Waals surface area contributed by atoms with E-state index in [1.165, 1.54) is 0 Å². The summed E-state index contributed by atoms with van der Waals surface area (Å²) in [5.74, 6) is -0.356. The van der Waals surface area contributed by atoms with Gasteiger partial charge >= 0.3 is 0 Å². The summed E-state index contributed by atoms with van der Waals surface area (Å²) in [5.41, 5.74) is 5.55. The number of amides is 1. The zero-order valence-corrected chi connectivity index (χ0v) is 13.3. The molecule has 4 rings (SSSR count). The number of aromatic amines is 2. The molecule has 0 fully saturated rings. The third-order valence-corrected chi connectivity index (χ3v) is 4.49.